The molecule has 1 saturated carbocycles. The van der Waals surface area contributed by atoms with E-state index in [2.05, 4.69) is 20.3 Å². The molecule has 0 spiro atoms. The van der Waals surface area contributed by atoms with Gasteiger partial charge in [-0.05, 0) is 56.0 Å². The lowest BCUT2D eigenvalue weighted by Gasteiger charge is -2.22. The summed E-state index contributed by atoms with van der Waals surface area (Å²) in [4.78, 5) is 29.7. The first-order chi connectivity index (χ1) is 15.0. The van der Waals surface area contributed by atoms with Crippen molar-refractivity contribution in [2.24, 2.45) is 5.92 Å². The minimum atomic E-state index is -0.275. The average Bonchev–Trinajstić information content (AvgIpc) is 3.41. The van der Waals surface area contributed by atoms with Crippen LogP contribution in [0.25, 0.3) is 5.69 Å². The van der Waals surface area contributed by atoms with E-state index in [0.717, 1.165) is 30.8 Å². The summed E-state index contributed by atoms with van der Waals surface area (Å²) in [6.45, 7) is 2.70. The van der Waals surface area contributed by atoms with Gasteiger partial charge in [0.05, 0.1) is 24.1 Å². The zero-order chi connectivity index (χ0) is 21.5. The van der Waals surface area contributed by atoms with Gasteiger partial charge < -0.3 is 14.8 Å². The van der Waals surface area contributed by atoms with Crippen LogP contribution in [0.3, 0.4) is 0 Å². The van der Waals surface area contributed by atoms with Gasteiger partial charge >= 0.3 is 6.03 Å². The molecule has 2 aromatic heterocycles. The van der Waals surface area contributed by atoms with E-state index in [1.54, 1.807) is 40.5 Å². The Morgan fingerprint density at radius 1 is 1.16 bits per heavy atom. The average molecular weight is 421 g/mol. The molecule has 5 rings (SSSR count). The molecule has 0 bridgehead atoms. The van der Waals surface area contributed by atoms with Gasteiger partial charge in [-0.1, -0.05) is 0 Å². The second kappa shape index (κ2) is 7.64. The van der Waals surface area contributed by atoms with Crippen LogP contribution < -0.4 is 10.2 Å². The molecule has 2 atom stereocenters. The summed E-state index contributed by atoms with van der Waals surface area (Å²) in [5.41, 5.74) is 1.62. The van der Waals surface area contributed by atoms with E-state index >= 15 is 0 Å². The molecule has 9 heteroatoms. The molecular formula is C22H24FN7O. The Balaban J connectivity index is 1.33. The van der Waals surface area contributed by atoms with E-state index in [1.807, 2.05) is 24.7 Å². The normalized spacial score (nSPS) is 19.7. The molecule has 1 aliphatic carbocycles. The number of anilines is 2. The molecule has 1 saturated heterocycles. The number of hydrogen-bond donors (Lipinski definition) is 1. The van der Waals surface area contributed by atoms with Crippen molar-refractivity contribution in [2.45, 2.75) is 31.8 Å². The van der Waals surface area contributed by atoms with Gasteiger partial charge in [-0.2, -0.15) is 4.98 Å². The summed E-state index contributed by atoms with van der Waals surface area (Å²) >= 11 is 0. The fourth-order valence-electron chi connectivity index (χ4n) is 4.01. The summed E-state index contributed by atoms with van der Waals surface area (Å²) in [5, 5.41) is 3.27. The largest absolute Gasteiger partial charge is 0.346 e. The quantitative estimate of drug-likeness (QED) is 0.658. The van der Waals surface area contributed by atoms with Gasteiger partial charge in [-0.25, -0.2) is 19.2 Å². The van der Waals surface area contributed by atoms with Crippen molar-refractivity contribution in [3.8, 4) is 5.69 Å². The van der Waals surface area contributed by atoms with Crippen LogP contribution in [0.2, 0.25) is 0 Å². The summed E-state index contributed by atoms with van der Waals surface area (Å²) in [6.07, 6.45) is 7.57. The predicted octanol–water partition coefficient (Wildman–Crippen LogP) is 3.62. The van der Waals surface area contributed by atoms with Crippen molar-refractivity contribution >= 4 is 17.8 Å². The summed E-state index contributed by atoms with van der Waals surface area (Å²) in [5.74, 6) is 1.34. The van der Waals surface area contributed by atoms with E-state index in [0.29, 0.717) is 17.7 Å². The number of nitrogens with one attached hydrogen (secondary N) is 1. The van der Waals surface area contributed by atoms with Gasteiger partial charge in [-0.15, -0.1) is 0 Å². The second-order valence-corrected chi connectivity index (χ2v) is 8.22. The minimum absolute atomic E-state index is 0.0207. The Morgan fingerprint density at radius 2 is 1.94 bits per heavy atom. The first-order valence-corrected chi connectivity index (χ1v) is 10.4. The number of likely N-dealkylation sites (N-methyl/N-ethyl adjacent to an activating group) is 1. The third-order valence-corrected chi connectivity index (χ3v) is 5.90. The number of carbonyl (C=O) groups is 1. The lowest BCUT2D eigenvalue weighted by molar-refractivity contribution is 0.229. The Hall–Kier alpha value is -3.49. The molecule has 3 aromatic rings. The van der Waals surface area contributed by atoms with Gasteiger partial charge in [0.1, 0.15) is 11.6 Å². The molecule has 3 heterocycles. The van der Waals surface area contributed by atoms with E-state index in [1.165, 1.54) is 12.1 Å². The van der Waals surface area contributed by atoms with E-state index in [9.17, 15) is 9.18 Å². The maximum atomic E-state index is 13.2. The highest BCUT2D eigenvalue weighted by Crippen LogP contribution is 2.40. The van der Waals surface area contributed by atoms with Crippen molar-refractivity contribution < 1.29 is 9.18 Å². The van der Waals surface area contributed by atoms with Gasteiger partial charge in [0.15, 0.2) is 0 Å². The molecule has 0 radical (unpaired) electrons. The summed E-state index contributed by atoms with van der Waals surface area (Å²) in [6, 6.07) is 8.01. The number of urea groups is 1. The zero-order valence-corrected chi connectivity index (χ0v) is 17.4. The monoisotopic (exact) mass is 421 g/mol. The smallest absolute Gasteiger partial charge is 0.325 e. The topological polar surface area (TPSA) is 79.2 Å². The maximum Gasteiger partial charge on any atom is 0.325 e. The SMILES string of the molecule is C[C@H](Nc1nccc(N2C(=O)N(C)C[C@@H]2C2CC2)n1)c1cn(-c2ccc(F)cc2)cn1. The first-order valence-electron chi connectivity index (χ1n) is 10.4. The molecule has 1 aromatic carbocycles. The maximum absolute atomic E-state index is 13.2. The van der Waals surface area contributed by atoms with Crippen molar-refractivity contribution in [1.29, 1.82) is 0 Å². The molecule has 1 aliphatic heterocycles. The first kappa shape index (κ1) is 19.5. The summed E-state index contributed by atoms with van der Waals surface area (Å²) in [7, 11) is 1.83. The number of imidazole rings is 1. The van der Waals surface area contributed by atoms with Crippen LogP contribution in [0.5, 0.6) is 0 Å². The number of hydrogen-bond acceptors (Lipinski definition) is 5. The molecule has 1 N–H and O–H groups in total. The number of amides is 2. The molecule has 31 heavy (non-hydrogen) atoms. The highest BCUT2D eigenvalue weighted by Gasteiger charge is 2.45. The number of rotatable bonds is 6. The zero-order valence-electron chi connectivity index (χ0n) is 17.4. The second-order valence-electron chi connectivity index (χ2n) is 8.22. The van der Waals surface area contributed by atoms with E-state index in [4.69, 9.17) is 0 Å². The van der Waals surface area contributed by atoms with Gasteiger partial charge in [0.2, 0.25) is 5.95 Å². The highest BCUT2D eigenvalue weighted by molar-refractivity contribution is 5.94. The minimum Gasteiger partial charge on any atom is -0.346 e. The Morgan fingerprint density at radius 3 is 2.68 bits per heavy atom. The van der Waals surface area contributed by atoms with Crippen LogP contribution >= 0.6 is 0 Å². The van der Waals surface area contributed by atoms with Gasteiger partial charge in [-0.3, -0.25) is 4.90 Å². The Bertz CT molecular complexity index is 1100. The predicted molar refractivity (Wildman–Crippen MR) is 115 cm³/mol. The van der Waals surface area contributed by atoms with Gasteiger partial charge in [0, 0.05) is 31.7 Å². The lowest BCUT2D eigenvalue weighted by Crippen LogP contribution is -2.36. The van der Waals surface area contributed by atoms with Crippen LogP contribution in [0.1, 0.15) is 31.5 Å². The Labute approximate surface area is 179 Å². The molecular weight excluding hydrogens is 397 g/mol. The van der Waals surface area contributed by atoms with Crippen molar-refractivity contribution in [3.05, 3.63) is 60.6 Å². The van der Waals surface area contributed by atoms with Crippen LogP contribution in [0, 0.1) is 11.7 Å². The fourth-order valence-corrected chi connectivity index (χ4v) is 4.01. The lowest BCUT2D eigenvalue weighted by atomic mass is 10.2. The third-order valence-electron chi connectivity index (χ3n) is 5.90. The summed E-state index contributed by atoms with van der Waals surface area (Å²) < 4.78 is 15.0. The van der Waals surface area contributed by atoms with Gasteiger partial charge in [0.25, 0.3) is 0 Å². The fraction of sp³-hybridized carbons (Fsp3) is 0.364. The standard InChI is InChI=1S/C22H24FN7O/c1-14(18-11-29(13-25-18)17-7-5-16(23)6-8-17)26-21-24-10-9-20(27-21)30-19(15-3-4-15)12-28(2)22(30)31/h5-11,13-15,19H,3-4,12H2,1-2H3,(H,24,26,27)/t14-,19+/m0/s1. The van der Waals surface area contributed by atoms with Crippen molar-refractivity contribution in [1.82, 2.24) is 24.4 Å². The highest BCUT2D eigenvalue weighted by atomic mass is 19.1. The number of halogens is 1. The molecule has 2 aliphatic rings. The van der Waals surface area contributed by atoms with Crippen LogP contribution in [0.4, 0.5) is 21.0 Å². The number of carbonyl (C=O) groups excluding carboxylic acids is 1. The molecule has 2 fully saturated rings. The third kappa shape index (κ3) is 3.83. The molecule has 0 unspecified atom stereocenters. The van der Waals surface area contributed by atoms with Crippen molar-refractivity contribution in [2.75, 3.05) is 23.8 Å². The number of benzene rings is 1. The van der Waals surface area contributed by atoms with Crippen LogP contribution in [0.15, 0.2) is 49.1 Å². The molecule has 2 amide bonds. The number of nitrogens with zero attached hydrogens (tertiary/aromatic N) is 6. The Kier molecular flexibility index (Phi) is 4.80. The van der Waals surface area contributed by atoms with Crippen LogP contribution in [-0.4, -0.2) is 50.1 Å². The molecule has 160 valence electrons. The number of aromatic nitrogens is 4. The molecule has 8 nitrogen and oxygen atoms in total. The van der Waals surface area contributed by atoms with E-state index in [-0.39, 0.29) is 23.9 Å². The van der Waals surface area contributed by atoms with E-state index < -0.39 is 0 Å². The van der Waals surface area contributed by atoms with Crippen molar-refractivity contribution in [3.63, 3.8) is 0 Å². The van der Waals surface area contributed by atoms with Crippen LogP contribution in [-0.2, 0) is 0 Å².